The molecule has 1 aliphatic heterocycles. The van der Waals surface area contributed by atoms with Crippen molar-refractivity contribution in [3.05, 3.63) is 36.7 Å². The number of nitrogens with one attached hydrogen (secondary N) is 1. The van der Waals surface area contributed by atoms with Crippen molar-refractivity contribution in [3.63, 3.8) is 0 Å². The number of amides is 1. The second kappa shape index (κ2) is 4.76. The van der Waals surface area contributed by atoms with Gasteiger partial charge in [-0.25, -0.2) is 4.79 Å². The molecular formula is C14H15N3O2. The third-order valence-corrected chi connectivity index (χ3v) is 3.49. The fraction of sp³-hybridized carbons (Fsp3) is 0.286. The number of hydrogen-bond acceptors (Lipinski definition) is 3. The van der Waals surface area contributed by atoms with E-state index in [9.17, 15) is 4.79 Å². The van der Waals surface area contributed by atoms with Crippen molar-refractivity contribution >= 4 is 22.6 Å². The molecule has 1 aromatic heterocycles. The number of carbonyl (C=O) groups is 1. The molecule has 0 spiro atoms. The molecule has 1 atom stereocenters. The molecule has 0 bridgehead atoms. The minimum Gasteiger partial charge on any atom is -0.465 e. The average Bonchev–Trinajstić information content (AvgIpc) is 2.88. The number of carboxylic acid groups (broad SMARTS) is 1. The third-order valence-electron chi connectivity index (χ3n) is 3.49. The van der Waals surface area contributed by atoms with E-state index in [2.05, 4.69) is 10.3 Å². The van der Waals surface area contributed by atoms with Gasteiger partial charge in [0.1, 0.15) is 0 Å². The van der Waals surface area contributed by atoms with E-state index in [1.54, 1.807) is 6.20 Å². The number of anilines is 1. The zero-order chi connectivity index (χ0) is 13.2. The Balaban J connectivity index is 1.81. The van der Waals surface area contributed by atoms with Crippen molar-refractivity contribution in [2.45, 2.75) is 12.5 Å². The Morgan fingerprint density at radius 1 is 1.37 bits per heavy atom. The number of nitrogens with zero attached hydrogens (tertiary/aromatic N) is 2. The maximum atomic E-state index is 10.9. The van der Waals surface area contributed by atoms with Crippen LogP contribution in [0, 0.1) is 0 Å². The van der Waals surface area contributed by atoms with Crippen LogP contribution in [0.4, 0.5) is 10.5 Å². The van der Waals surface area contributed by atoms with Gasteiger partial charge in [-0.15, -0.1) is 0 Å². The van der Waals surface area contributed by atoms with Gasteiger partial charge in [0.25, 0.3) is 0 Å². The molecule has 0 unspecified atom stereocenters. The van der Waals surface area contributed by atoms with E-state index in [0.717, 1.165) is 22.9 Å². The molecule has 19 heavy (non-hydrogen) atoms. The lowest BCUT2D eigenvalue weighted by molar-refractivity contribution is 0.155. The molecule has 1 amide bonds. The minimum atomic E-state index is -0.847. The van der Waals surface area contributed by atoms with Crippen LogP contribution in [0.15, 0.2) is 36.7 Å². The fourth-order valence-corrected chi connectivity index (χ4v) is 2.50. The van der Waals surface area contributed by atoms with E-state index in [1.165, 1.54) is 4.90 Å². The van der Waals surface area contributed by atoms with E-state index in [1.807, 2.05) is 30.5 Å². The first kappa shape index (κ1) is 11.8. The standard InChI is InChI=1S/C14H15N3O2/c18-14(19)17-6-5-11(9-17)16-13-8-15-7-10-3-1-2-4-12(10)13/h1-4,7-8,11,16H,5-6,9H2,(H,18,19)/t11-/m1/s1. The van der Waals surface area contributed by atoms with Crippen LogP contribution in [0.5, 0.6) is 0 Å². The monoisotopic (exact) mass is 257 g/mol. The summed E-state index contributed by atoms with van der Waals surface area (Å²) in [4.78, 5) is 16.6. The summed E-state index contributed by atoms with van der Waals surface area (Å²) in [7, 11) is 0. The van der Waals surface area contributed by atoms with E-state index in [-0.39, 0.29) is 6.04 Å². The summed E-state index contributed by atoms with van der Waals surface area (Å²) in [5.74, 6) is 0. The highest BCUT2D eigenvalue weighted by molar-refractivity contribution is 5.92. The summed E-state index contributed by atoms with van der Waals surface area (Å²) in [6.45, 7) is 1.11. The Bertz CT molecular complexity index is 609. The second-order valence-electron chi connectivity index (χ2n) is 4.77. The molecule has 98 valence electrons. The maximum absolute atomic E-state index is 10.9. The zero-order valence-electron chi connectivity index (χ0n) is 10.4. The molecule has 0 radical (unpaired) electrons. The Morgan fingerprint density at radius 2 is 2.21 bits per heavy atom. The quantitative estimate of drug-likeness (QED) is 0.867. The van der Waals surface area contributed by atoms with Crippen LogP contribution >= 0.6 is 0 Å². The van der Waals surface area contributed by atoms with Gasteiger partial charge in [-0.1, -0.05) is 24.3 Å². The van der Waals surface area contributed by atoms with E-state index in [4.69, 9.17) is 5.11 Å². The lowest BCUT2D eigenvalue weighted by atomic mass is 10.1. The molecule has 5 nitrogen and oxygen atoms in total. The average molecular weight is 257 g/mol. The molecule has 0 saturated carbocycles. The van der Waals surface area contributed by atoms with Gasteiger partial charge < -0.3 is 15.3 Å². The number of benzene rings is 1. The highest BCUT2D eigenvalue weighted by atomic mass is 16.4. The summed E-state index contributed by atoms with van der Waals surface area (Å²) >= 11 is 0. The molecule has 1 fully saturated rings. The van der Waals surface area contributed by atoms with Gasteiger partial charge in [-0.2, -0.15) is 0 Å². The van der Waals surface area contributed by atoms with Gasteiger partial charge in [0, 0.05) is 36.1 Å². The lowest BCUT2D eigenvalue weighted by Crippen LogP contribution is -2.30. The Morgan fingerprint density at radius 3 is 3.00 bits per heavy atom. The normalized spacial score (nSPS) is 18.7. The van der Waals surface area contributed by atoms with E-state index >= 15 is 0 Å². The van der Waals surface area contributed by atoms with Crippen LogP contribution in [0.2, 0.25) is 0 Å². The van der Waals surface area contributed by atoms with Gasteiger partial charge in [0.15, 0.2) is 0 Å². The first-order valence-corrected chi connectivity index (χ1v) is 6.31. The molecular weight excluding hydrogens is 242 g/mol. The number of rotatable bonds is 2. The predicted molar refractivity (Wildman–Crippen MR) is 73.4 cm³/mol. The first-order chi connectivity index (χ1) is 9.24. The van der Waals surface area contributed by atoms with Gasteiger partial charge in [0.2, 0.25) is 0 Å². The molecule has 1 aliphatic rings. The Labute approximate surface area is 110 Å². The maximum Gasteiger partial charge on any atom is 0.407 e. The molecule has 2 heterocycles. The summed E-state index contributed by atoms with van der Waals surface area (Å²) in [6, 6.07) is 8.19. The predicted octanol–water partition coefficient (Wildman–Crippen LogP) is 2.40. The van der Waals surface area contributed by atoms with E-state index < -0.39 is 6.09 Å². The number of fused-ring (bicyclic) bond motifs is 1. The molecule has 0 aliphatic carbocycles. The number of pyridine rings is 1. The summed E-state index contributed by atoms with van der Waals surface area (Å²) < 4.78 is 0. The van der Waals surface area contributed by atoms with Crippen molar-refractivity contribution in [2.24, 2.45) is 0 Å². The third kappa shape index (κ3) is 2.31. The first-order valence-electron chi connectivity index (χ1n) is 6.31. The summed E-state index contributed by atoms with van der Waals surface area (Å²) in [5.41, 5.74) is 0.968. The summed E-state index contributed by atoms with van der Waals surface area (Å²) in [6.07, 6.45) is 3.61. The van der Waals surface area contributed by atoms with Gasteiger partial charge in [-0.05, 0) is 6.42 Å². The number of hydrogen-bond donors (Lipinski definition) is 2. The fourth-order valence-electron chi connectivity index (χ4n) is 2.50. The highest BCUT2D eigenvalue weighted by Crippen LogP contribution is 2.24. The molecule has 2 aromatic rings. The van der Waals surface area contributed by atoms with E-state index in [0.29, 0.717) is 13.1 Å². The molecule has 5 heteroatoms. The van der Waals surface area contributed by atoms with Gasteiger partial charge in [-0.3, -0.25) is 4.98 Å². The lowest BCUT2D eigenvalue weighted by Gasteiger charge is -2.16. The van der Waals surface area contributed by atoms with Crippen molar-refractivity contribution in [3.8, 4) is 0 Å². The smallest absolute Gasteiger partial charge is 0.407 e. The van der Waals surface area contributed by atoms with Crippen LogP contribution in [0.25, 0.3) is 10.8 Å². The molecule has 3 rings (SSSR count). The molecule has 1 saturated heterocycles. The van der Waals surface area contributed by atoms with Crippen molar-refractivity contribution in [1.29, 1.82) is 0 Å². The van der Waals surface area contributed by atoms with Crippen LogP contribution in [-0.4, -0.2) is 40.2 Å². The van der Waals surface area contributed by atoms with Crippen molar-refractivity contribution in [1.82, 2.24) is 9.88 Å². The summed E-state index contributed by atoms with van der Waals surface area (Å²) in [5, 5.41) is 14.6. The van der Waals surface area contributed by atoms with Crippen LogP contribution in [0.1, 0.15) is 6.42 Å². The Kier molecular flexibility index (Phi) is 2.95. The zero-order valence-corrected chi connectivity index (χ0v) is 10.4. The van der Waals surface area contributed by atoms with Crippen molar-refractivity contribution in [2.75, 3.05) is 18.4 Å². The Hall–Kier alpha value is -2.30. The SMILES string of the molecule is O=C(O)N1CC[C@@H](Nc2cncc3ccccc23)C1. The number of likely N-dealkylation sites (tertiary alicyclic amines) is 1. The topological polar surface area (TPSA) is 65.5 Å². The minimum absolute atomic E-state index is 0.156. The largest absolute Gasteiger partial charge is 0.465 e. The number of aromatic nitrogens is 1. The van der Waals surface area contributed by atoms with Gasteiger partial charge >= 0.3 is 6.09 Å². The van der Waals surface area contributed by atoms with Crippen LogP contribution in [0.3, 0.4) is 0 Å². The second-order valence-corrected chi connectivity index (χ2v) is 4.77. The van der Waals surface area contributed by atoms with Crippen LogP contribution in [-0.2, 0) is 0 Å². The van der Waals surface area contributed by atoms with Gasteiger partial charge in [0.05, 0.1) is 11.9 Å². The molecule has 2 N–H and O–H groups in total. The molecule has 1 aromatic carbocycles. The van der Waals surface area contributed by atoms with Crippen molar-refractivity contribution < 1.29 is 9.90 Å². The highest BCUT2D eigenvalue weighted by Gasteiger charge is 2.25. The van der Waals surface area contributed by atoms with Crippen LogP contribution < -0.4 is 5.32 Å².